The van der Waals surface area contributed by atoms with Gasteiger partial charge in [-0.2, -0.15) is 0 Å². The van der Waals surface area contributed by atoms with Gasteiger partial charge in [0, 0.05) is 13.0 Å². The van der Waals surface area contributed by atoms with Crippen molar-refractivity contribution in [3.63, 3.8) is 0 Å². The second-order valence-corrected chi connectivity index (χ2v) is 6.41. The summed E-state index contributed by atoms with van der Waals surface area (Å²) in [5.41, 5.74) is 4.08. The molecule has 2 N–H and O–H groups in total. The van der Waals surface area contributed by atoms with E-state index in [1.54, 1.807) is 12.1 Å². The Balaban J connectivity index is 1.65. The molecule has 0 unspecified atom stereocenters. The minimum Gasteiger partial charge on any atom is -0.496 e. The molecule has 2 aromatic carbocycles. The highest BCUT2D eigenvalue weighted by Crippen LogP contribution is 2.31. The van der Waals surface area contributed by atoms with E-state index in [1.165, 1.54) is 18.7 Å². The van der Waals surface area contributed by atoms with Crippen LogP contribution in [0, 0.1) is 13.8 Å². The maximum atomic E-state index is 12.4. The second kappa shape index (κ2) is 7.07. The molecular formula is C20H21NO5. The Kier molecular flexibility index (Phi) is 4.84. The average Bonchev–Trinajstić information content (AvgIpc) is 3.02. The normalized spacial score (nSPS) is 15.1. The molecule has 0 radical (unpaired) electrons. The van der Waals surface area contributed by atoms with Crippen LogP contribution in [0.15, 0.2) is 30.3 Å². The van der Waals surface area contributed by atoms with Crippen LogP contribution in [0.2, 0.25) is 0 Å². The first-order chi connectivity index (χ1) is 12.4. The number of carboxylic acids is 1. The lowest BCUT2D eigenvalue weighted by Gasteiger charge is -2.12. The number of carboxylic acid groups (broad SMARTS) is 1. The fourth-order valence-electron chi connectivity index (χ4n) is 2.99. The van der Waals surface area contributed by atoms with Gasteiger partial charge in [0.25, 0.3) is 5.91 Å². The van der Waals surface area contributed by atoms with E-state index >= 15 is 0 Å². The van der Waals surface area contributed by atoms with E-state index in [9.17, 15) is 14.7 Å². The molecule has 1 amide bonds. The zero-order chi connectivity index (χ0) is 18.8. The number of methoxy groups -OCH3 is 1. The van der Waals surface area contributed by atoms with Crippen molar-refractivity contribution in [1.82, 2.24) is 5.32 Å². The third kappa shape index (κ3) is 3.49. The number of hydrogen-bond donors (Lipinski definition) is 2. The number of benzene rings is 2. The zero-order valence-corrected chi connectivity index (χ0v) is 15.0. The Morgan fingerprint density at radius 3 is 2.65 bits per heavy atom. The highest BCUT2D eigenvalue weighted by molar-refractivity contribution is 5.91. The van der Waals surface area contributed by atoms with E-state index in [4.69, 9.17) is 9.47 Å². The van der Waals surface area contributed by atoms with Crippen LogP contribution in [0.1, 0.15) is 32.6 Å². The predicted molar refractivity (Wildman–Crippen MR) is 95.8 cm³/mol. The van der Waals surface area contributed by atoms with E-state index < -0.39 is 12.1 Å². The molecule has 2 aromatic rings. The van der Waals surface area contributed by atoms with E-state index in [-0.39, 0.29) is 23.8 Å². The van der Waals surface area contributed by atoms with Crippen LogP contribution in [-0.2, 0) is 17.8 Å². The summed E-state index contributed by atoms with van der Waals surface area (Å²) in [4.78, 5) is 23.7. The smallest absolute Gasteiger partial charge is 0.339 e. The second-order valence-electron chi connectivity index (χ2n) is 6.41. The van der Waals surface area contributed by atoms with Gasteiger partial charge < -0.3 is 19.9 Å². The van der Waals surface area contributed by atoms with E-state index in [1.807, 2.05) is 19.9 Å². The lowest BCUT2D eigenvalue weighted by molar-refractivity contribution is -0.127. The average molecular weight is 355 g/mol. The van der Waals surface area contributed by atoms with Crippen LogP contribution >= 0.6 is 0 Å². The number of hydrogen-bond acceptors (Lipinski definition) is 4. The van der Waals surface area contributed by atoms with Crippen molar-refractivity contribution in [2.45, 2.75) is 32.9 Å². The van der Waals surface area contributed by atoms with Gasteiger partial charge in [-0.3, -0.25) is 4.79 Å². The molecule has 6 nitrogen and oxygen atoms in total. The van der Waals surface area contributed by atoms with Crippen molar-refractivity contribution in [2.75, 3.05) is 7.11 Å². The zero-order valence-electron chi connectivity index (χ0n) is 15.0. The minimum atomic E-state index is -1.07. The number of rotatable bonds is 5. The number of amides is 1. The van der Waals surface area contributed by atoms with Gasteiger partial charge in [-0.15, -0.1) is 0 Å². The van der Waals surface area contributed by atoms with Crippen molar-refractivity contribution >= 4 is 11.9 Å². The highest BCUT2D eigenvalue weighted by Gasteiger charge is 2.29. The van der Waals surface area contributed by atoms with Gasteiger partial charge in [0.2, 0.25) is 0 Å². The number of aromatic carboxylic acids is 1. The number of fused-ring (bicyclic) bond motifs is 1. The Morgan fingerprint density at radius 1 is 1.23 bits per heavy atom. The van der Waals surface area contributed by atoms with Crippen LogP contribution in [0.3, 0.4) is 0 Å². The summed E-state index contributed by atoms with van der Waals surface area (Å²) in [6, 6.07) is 8.82. The lowest BCUT2D eigenvalue weighted by atomic mass is 10.0. The Hall–Kier alpha value is -3.02. The van der Waals surface area contributed by atoms with Crippen LogP contribution in [0.5, 0.6) is 11.5 Å². The van der Waals surface area contributed by atoms with Crippen LogP contribution < -0.4 is 14.8 Å². The molecule has 6 heteroatoms. The first-order valence-corrected chi connectivity index (χ1v) is 8.33. The van der Waals surface area contributed by atoms with Gasteiger partial charge >= 0.3 is 5.97 Å². The number of aryl methyl sites for hydroxylation is 2. The summed E-state index contributed by atoms with van der Waals surface area (Å²) in [6.07, 6.45) is -0.0333. The molecule has 0 aliphatic carbocycles. The lowest BCUT2D eigenvalue weighted by Crippen LogP contribution is -2.37. The molecule has 1 aliphatic rings. The third-order valence-electron chi connectivity index (χ3n) is 4.60. The third-order valence-corrected chi connectivity index (χ3v) is 4.60. The molecule has 0 fully saturated rings. The van der Waals surface area contributed by atoms with Crippen molar-refractivity contribution in [2.24, 2.45) is 0 Å². The molecule has 0 saturated heterocycles. The summed E-state index contributed by atoms with van der Waals surface area (Å²) in [7, 11) is 1.42. The molecule has 136 valence electrons. The summed E-state index contributed by atoms with van der Waals surface area (Å²) >= 11 is 0. The SMILES string of the molecule is COc1ccc(CNC(=O)[C@@H]2Cc3cc(C)c(C)cc3O2)cc1C(=O)O. The van der Waals surface area contributed by atoms with Crippen molar-refractivity contribution in [3.05, 3.63) is 58.1 Å². The number of nitrogens with one attached hydrogen (secondary N) is 1. The van der Waals surface area contributed by atoms with Crippen LogP contribution in [0.25, 0.3) is 0 Å². The fraction of sp³-hybridized carbons (Fsp3) is 0.300. The molecule has 1 heterocycles. The van der Waals surface area contributed by atoms with E-state index in [0.717, 1.165) is 16.9 Å². The summed E-state index contributed by atoms with van der Waals surface area (Å²) in [5.74, 6) is -0.252. The Labute approximate surface area is 151 Å². The molecule has 3 rings (SSSR count). The number of ether oxygens (including phenoxy) is 2. The predicted octanol–water partition coefficient (Wildman–Crippen LogP) is 2.63. The number of carbonyl (C=O) groups is 2. The molecular weight excluding hydrogens is 334 g/mol. The first-order valence-electron chi connectivity index (χ1n) is 8.33. The summed E-state index contributed by atoms with van der Waals surface area (Å²) in [6.45, 7) is 4.26. The molecule has 0 saturated carbocycles. The van der Waals surface area contributed by atoms with Gasteiger partial charge in [-0.05, 0) is 54.3 Å². The van der Waals surface area contributed by atoms with E-state index in [0.29, 0.717) is 12.0 Å². The van der Waals surface area contributed by atoms with Gasteiger partial charge in [-0.25, -0.2) is 4.79 Å². The maximum Gasteiger partial charge on any atom is 0.339 e. The minimum absolute atomic E-state index is 0.0646. The summed E-state index contributed by atoms with van der Waals surface area (Å²) < 4.78 is 10.8. The van der Waals surface area contributed by atoms with Gasteiger partial charge in [0.05, 0.1) is 7.11 Å². The molecule has 1 aliphatic heterocycles. The Bertz CT molecular complexity index is 844. The largest absolute Gasteiger partial charge is 0.496 e. The van der Waals surface area contributed by atoms with Crippen molar-refractivity contribution < 1.29 is 24.2 Å². The van der Waals surface area contributed by atoms with E-state index in [2.05, 4.69) is 11.4 Å². The first kappa shape index (κ1) is 17.8. The molecule has 0 aromatic heterocycles. The maximum absolute atomic E-state index is 12.4. The van der Waals surface area contributed by atoms with Crippen molar-refractivity contribution in [1.29, 1.82) is 0 Å². The monoisotopic (exact) mass is 355 g/mol. The standard InChI is InChI=1S/C20H21NO5/c1-11-6-14-9-18(26-17(14)7-12(11)2)19(22)21-10-13-4-5-16(25-3)15(8-13)20(23)24/h4-8,18H,9-10H2,1-3H3,(H,21,22)(H,23,24)/t18-/m0/s1. The topological polar surface area (TPSA) is 84.9 Å². The quantitative estimate of drug-likeness (QED) is 0.861. The van der Waals surface area contributed by atoms with Gasteiger partial charge in [0.15, 0.2) is 6.10 Å². The summed E-state index contributed by atoms with van der Waals surface area (Å²) in [5, 5.41) is 12.0. The van der Waals surface area contributed by atoms with Crippen LogP contribution in [0.4, 0.5) is 0 Å². The Morgan fingerprint density at radius 2 is 1.96 bits per heavy atom. The molecule has 0 spiro atoms. The number of carbonyl (C=O) groups excluding carboxylic acids is 1. The molecule has 1 atom stereocenters. The highest BCUT2D eigenvalue weighted by atomic mass is 16.5. The van der Waals surface area contributed by atoms with Crippen molar-refractivity contribution in [3.8, 4) is 11.5 Å². The van der Waals surface area contributed by atoms with Crippen LogP contribution in [-0.4, -0.2) is 30.2 Å². The molecule has 26 heavy (non-hydrogen) atoms. The molecule has 0 bridgehead atoms. The van der Waals surface area contributed by atoms with Gasteiger partial charge in [-0.1, -0.05) is 12.1 Å². The van der Waals surface area contributed by atoms with Gasteiger partial charge in [0.1, 0.15) is 17.1 Å². The fourth-order valence-corrected chi connectivity index (χ4v) is 2.99.